The van der Waals surface area contributed by atoms with E-state index in [1.807, 2.05) is 30.0 Å². The third kappa shape index (κ3) is 3.55. The third-order valence-electron chi connectivity index (χ3n) is 4.91. The van der Waals surface area contributed by atoms with Crippen molar-refractivity contribution in [3.63, 3.8) is 0 Å². The fraction of sp³-hybridized carbons (Fsp3) is 0.350. The van der Waals surface area contributed by atoms with Crippen LogP contribution in [0.5, 0.6) is 0 Å². The number of nitrogens with one attached hydrogen (secondary N) is 1. The first-order valence-corrected chi connectivity index (χ1v) is 9.82. The molecule has 1 unspecified atom stereocenters. The second-order valence-corrected chi connectivity index (χ2v) is 7.95. The number of likely N-dealkylation sites (tertiary alicyclic amines) is 1. The van der Waals surface area contributed by atoms with E-state index in [9.17, 15) is 4.79 Å². The summed E-state index contributed by atoms with van der Waals surface area (Å²) in [6.45, 7) is 4.03. The number of fused-ring (bicyclic) bond motifs is 1. The molecule has 2 aromatic carbocycles. The number of hydrogen-bond donors (Lipinski definition) is 1. The summed E-state index contributed by atoms with van der Waals surface area (Å²) in [6, 6.07) is 14.5. The van der Waals surface area contributed by atoms with Crippen molar-refractivity contribution in [1.82, 2.24) is 20.4 Å². The Kier molecular flexibility index (Phi) is 4.84. The van der Waals surface area contributed by atoms with E-state index in [-0.39, 0.29) is 6.03 Å². The number of nitrogens with zero attached hydrogens (tertiary/aromatic N) is 3. The maximum Gasteiger partial charge on any atom is 0.317 e. The van der Waals surface area contributed by atoms with Crippen LogP contribution in [0.3, 0.4) is 0 Å². The molecular formula is C20H22N4OS. The molecule has 1 aromatic heterocycles. The van der Waals surface area contributed by atoms with E-state index in [4.69, 9.17) is 0 Å². The zero-order valence-corrected chi connectivity index (χ0v) is 15.6. The number of piperidine rings is 1. The van der Waals surface area contributed by atoms with Gasteiger partial charge in [-0.15, -0.1) is 21.5 Å². The van der Waals surface area contributed by atoms with Crippen molar-refractivity contribution >= 4 is 28.1 Å². The standard InChI is InChI=1S/C20H22N4OS/c1-14-22-23-19(26-14)17-9-5-11-24(13-17)20(25)21-12-16-8-4-7-15-6-2-3-10-18(15)16/h2-4,6-8,10,17H,5,9,11-13H2,1H3,(H,21,25). The van der Waals surface area contributed by atoms with Crippen LogP contribution in [0.1, 0.15) is 34.3 Å². The lowest BCUT2D eigenvalue weighted by Gasteiger charge is -2.31. The Morgan fingerprint density at radius 3 is 2.92 bits per heavy atom. The molecular weight excluding hydrogens is 344 g/mol. The normalized spacial score (nSPS) is 17.4. The van der Waals surface area contributed by atoms with Gasteiger partial charge in [-0.05, 0) is 36.1 Å². The second-order valence-electron chi connectivity index (χ2n) is 6.74. The summed E-state index contributed by atoms with van der Waals surface area (Å²) in [5, 5.41) is 15.9. The Hall–Kier alpha value is -2.47. The Bertz CT molecular complexity index is 918. The van der Waals surface area contributed by atoms with Crippen LogP contribution in [0.4, 0.5) is 4.79 Å². The minimum absolute atomic E-state index is 0.00358. The van der Waals surface area contributed by atoms with Crippen LogP contribution in [-0.2, 0) is 6.54 Å². The van der Waals surface area contributed by atoms with Crippen LogP contribution in [0.2, 0.25) is 0 Å². The summed E-state index contributed by atoms with van der Waals surface area (Å²) < 4.78 is 0. The van der Waals surface area contributed by atoms with Gasteiger partial charge in [-0.1, -0.05) is 42.5 Å². The average molecular weight is 366 g/mol. The molecule has 2 amide bonds. The van der Waals surface area contributed by atoms with Gasteiger partial charge in [0.15, 0.2) is 0 Å². The molecule has 0 bridgehead atoms. The number of carbonyl (C=O) groups excluding carboxylic acids is 1. The lowest BCUT2D eigenvalue weighted by Crippen LogP contribution is -2.44. The van der Waals surface area contributed by atoms with E-state index in [1.165, 1.54) is 10.8 Å². The van der Waals surface area contributed by atoms with Crippen LogP contribution < -0.4 is 5.32 Å². The molecule has 0 saturated carbocycles. The quantitative estimate of drug-likeness (QED) is 0.759. The molecule has 1 aliphatic rings. The van der Waals surface area contributed by atoms with E-state index >= 15 is 0 Å². The summed E-state index contributed by atoms with van der Waals surface area (Å²) in [4.78, 5) is 14.6. The number of amides is 2. The smallest absolute Gasteiger partial charge is 0.317 e. The van der Waals surface area contributed by atoms with E-state index in [0.717, 1.165) is 41.5 Å². The molecule has 1 fully saturated rings. The minimum atomic E-state index is 0.00358. The molecule has 2 heterocycles. The van der Waals surface area contributed by atoms with Gasteiger partial charge >= 0.3 is 6.03 Å². The minimum Gasteiger partial charge on any atom is -0.334 e. The predicted octanol–water partition coefficient (Wildman–Crippen LogP) is 4.09. The monoisotopic (exact) mass is 366 g/mol. The van der Waals surface area contributed by atoms with Gasteiger partial charge in [0, 0.05) is 25.6 Å². The van der Waals surface area contributed by atoms with Crippen LogP contribution in [0.15, 0.2) is 42.5 Å². The molecule has 1 aliphatic heterocycles. The molecule has 26 heavy (non-hydrogen) atoms. The zero-order chi connectivity index (χ0) is 17.9. The van der Waals surface area contributed by atoms with E-state index in [1.54, 1.807) is 11.3 Å². The molecule has 3 aromatic rings. The summed E-state index contributed by atoms with van der Waals surface area (Å²) in [7, 11) is 0. The number of urea groups is 1. The van der Waals surface area contributed by atoms with E-state index in [2.05, 4.69) is 39.8 Å². The molecule has 134 valence electrons. The summed E-state index contributed by atoms with van der Waals surface area (Å²) in [5.74, 6) is 0.304. The summed E-state index contributed by atoms with van der Waals surface area (Å²) >= 11 is 1.64. The highest BCUT2D eigenvalue weighted by Crippen LogP contribution is 2.29. The van der Waals surface area contributed by atoms with Crippen molar-refractivity contribution < 1.29 is 4.79 Å². The van der Waals surface area contributed by atoms with Gasteiger partial charge in [0.05, 0.1) is 0 Å². The number of aryl methyl sites for hydroxylation is 1. The van der Waals surface area contributed by atoms with Crippen LogP contribution in [0.25, 0.3) is 10.8 Å². The highest BCUT2D eigenvalue weighted by Gasteiger charge is 2.26. The van der Waals surface area contributed by atoms with Gasteiger partial charge < -0.3 is 10.2 Å². The van der Waals surface area contributed by atoms with Crippen molar-refractivity contribution in [2.45, 2.75) is 32.2 Å². The fourth-order valence-electron chi connectivity index (χ4n) is 3.57. The zero-order valence-electron chi connectivity index (χ0n) is 14.8. The SMILES string of the molecule is Cc1nnc(C2CCCN(C(=O)NCc3cccc4ccccc34)C2)s1. The van der Waals surface area contributed by atoms with E-state index < -0.39 is 0 Å². The number of carbonyl (C=O) groups is 1. The Labute approximate surface area is 157 Å². The Morgan fingerprint density at radius 1 is 1.23 bits per heavy atom. The van der Waals surface area contributed by atoms with Gasteiger partial charge in [-0.2, -0.15) is 0 Å². The molecule has 4 rings (SSSR count). The molecule has 0 spiro atoms. The largest absolute Gasteiger partial charge is 0.334 e. The lowest BCUT2D eigenvalue weighted by atomic mass is 9.99. The summed E-state index contributed by atoms with van der Waals surface area (Å²) in [6.07, 6.45) is 2.08. The van der Waals surface area contributed by atoms with Gasteiger partial charge in [0.2, 0.25) is 0 Å². The molecule has 5 nitrogen and oxygen atoms in total. The topological polar surface area (TPSA) is 58.1 Å². The van der Waals surface area contributed by atoms with Crippen molar-refractivity contribution in [2.75, 3.05) is 13.1 Å². The van der Waals surface area contributed by atoms with Crippen molar-refractivity contribution in [2.24, 2.45) is 0 Å². The molecule has 1 atom stereocenters. The second kappa shape index (κ2) is 7.41. The maximum absolute atomic E-state index is 12.7. The fourth-order valence-corrected chi connectivity index (χ4v) is 4.39. The van der Waals surface area contributed by atoms with Crippen LogP contribution in [-0.4, -0.2) is 34.2 Å². The van der Waals surface area contributed by atoms with Gasteiger partial charge in [0.25, 0.3) is 0 Å². The first kappa shape index (κ1) is 17.0. The Balaban J connectivity index is 1.41. The molecule has 6 heteroatoms. The molecule has 0 aliphatic carbocycles. The van der Waals surface area contributed by atoms with Gasteiger partial charge in [-0.3, -0.25) is 0 Å². The van der Waals surface area contributed by atoms with Gasteiger partial charge in [-0.25, -0.2) is 4.79 Å². The average Bonchev–Trinajstić information content (AvgIpc) is 3.12. The number of benzene rings is 2. The van der Waals surface area contributed by atoms with Crippen molar-refractivity contribution in [1.29, 1.82) is 0 Å². The van der Waals surface area contributed by atoms with Crippen LogP contribution in [0, 0.1) is 6.92 Å². The molecule has 0 radical (unpaired) electrons. The maximum atomic E-state index is 12.7. The first-order valence-electron chi connectivity index (χ1n) is 9.00. The van der Waals surface area contributed by atoms with Gasteiger partial charge in [0.1, 0.15) is 10.0 Å². The van der Waals surface area contributed by atoms with E-state index in [0.29, 0.717) is 12.5 Å². The van der Waals surface area contributed by atoms with Crippen molar-refractivity contribution in [3.05, 3.63) is 58.0 Å². The van der Waals surface area contributed by atoms with Crippen LogP contribution >= 0.6 is 11.3 Å². The third-order valence-corrected chi connectivity index (χ3v) is 5.91. The number of aromatic nitrogens is 2. The Morgan fingerprint density at radius 2 is 2.08 bits per heavy atom. The molecule has 1 N–H and O–H groups in total. The number of hydrogen-bond acceptors (Lipinski definition) is 4. The summed E-state index contributed by atoms with van der Waals surface area (Å²) in [5.41, 5.74) is 1.14. The van der Waals surface area contributed by atoms with Crippen molar-refractivity contribution in [3.8, 4) is 0 Å². The highest BCUT2D eigenvalue weighted by molar-refractivity contribution is 7.11. The number of rotatable bonds is 3. The first-order chi connectivity index (χ1) is 12.7. The molecule has 1 saturated heterocycles. The lowest BCUT2D eigenvalue weighted by molar-refractivity contribution is 0.179. The highest BCUT2D eigenvalue weighted by atomic mass is 32.1. The predicted molar refractivity (Wildman–Crippen MR) is 104 cm³/mol.